The summed E-state index contributed by atoms with van der Waals surface area (Å²) in [7, 11) is 1.73. The van der Waals surface area contributed by atoms with Crippen LogP contribution in [-0.4, -0.2) is 7.05 Å². The van der Waals surface area contributed by atoms with Gasteiger partial charge in [0.25, 0.3) is 0 Å². The Hall–Kier alpha value is -1.94. The van der Waals surface area contributed by atoms with E-state index in [1.54, 1.807) is 49.2 Å². The van der Waals surface area contributed by atoms with E-state index in [0.717, 1.165) is 5.56 Å². The zero-order valence-corrected chi connectivity index (χ0v) is 11.6. The first-order valence-corrected chi connectivity index (χ1v) is 6.48. The monoisotopic (exact) mass is 276 g/mol. The fourth-order valence-corrected chi connectivity index (χ4v) is 2.08. The maximum absolute atomic E-state index is 14.1. The van der Waals surface area contributed by atoms with Crippen LogP contribution in [0.25, 0.3) is 0 Å². The summed E-state index contributed by atoms with van der Waals surface area (Å²) in [5.41, 5.74) is 7.42. The zero-order valence-electron chi connectivity index (χ0n) is 11.6. The molecule has 4 heteroatoms. The molecule has 0 aliphatic rings. The number of nitrogens with two attached hydrogens (primary N) is 1. The molecular weight excluding hydrogens is 258 g/mol. The third kappa shape index (κ3) is 3.14. The summed E-state index contributed by atoms with van der Waals surface area (Å²) < 4.78 is 27.7. The van der Waals surface area contributed by atoms with E-state index in [1.807, 2.05) is 0 Å². The number of benzene rings is 2. The first-order valence-electron chi connectivity index (χ1n) is 6.48. The third-order valence-electron chi connectivity index (χ3n) is 3.27. The molecule has 0 heterocycles. The summed E-state index contributed by atoms with van der Waals surface area (Å²) in [4.78, 5) is 1.68. The van der Waals surface area contributed by atoms with E-state index in [9.17, 15) is 8.78 Å². The largest absolute Gasteiger partial charge is 0.368 e. The normalized spacial score (nSPS) is 12.2. The highest BCUT2D eigenvalue weighted by molar-refractivity contribution is 5.49. The van der Waals surface area contributed by atoms with Gasteiger partial charge < -0.3 is 10.6 Å². The lowest BCUT2D eigenvalue weighted by molar-refractivity contribution is 0.599. The predicted molar refractivity (Wildman–Crippen MR) is 77.5 cm³/mol. The number of rotatable bonds is 4. The van der Waals surface area contributed by atoms with Gasteiger partial charge >= 0.3 is 0 Å². The molecule has 20 heavy (non-hydrogen) atoms. The lowest BCUT2D eigenvalue weighted by Gasteiger charge is -2.21. The van der Waals surface area contributed by atoms with Gasteiger partial charge in [-0.25, -0.2) is 8.78 Å². The molecule has 1 atom stereocenters. The average Bonchev–Trinajstić information content (AvgIpc) is 2.41. The molecule has 2 N–H and O–H groups in total. The Morgan fingerprint density at radius 2 is 1.80 bits per heavy atom. The van der Waals surface area contributed by atoms with E-state index in [0.29, 0.717) is 17.8 Å². The standard InChI is InChI=1S/C16H18F2N2/c1-11(19)12-7-8-16(15(18)9-12)20(2)10-13-5-3-4-6-14(13)17/h3-9,11H,10,19H2,1-2H3. The van der Waals surface area contributed by atoms with Crippen LogP contribution < -0.4 is 10.6 Å². The van der Waals surface area contributed by atoms with E-state index < -0.39 is 0 Å². The highest BCUT2D eigenvalue weighted by Gasteiger charge is 2.12. The van der Waals surface area contributed by atoms with Crippen molar-refractivity contribution in [1.82, 2.24) is 0 Å². The minimum absolute atomic E-state index is 0.213. The van der Waals surface area contributed by atoms with Gasteiger partial charge in [-0.15, -0.1) is 0 Å². The van der Waals surface area contributed by atoms with Gasteiger partial charge in [-0.3, -0.25) is 0 Å². The van der Waals surface area contributed by atoms with E-state index >= 15 is 0 Å². The van der Waals surface area contributed by atoms with Crippen molar-refractivity contribution in [3.05, 3.63) is 65.2 Å². The highest BCUT2D eigenvalue weighted by Crippen LogP contribution is 2.23. The van der Waals surface area contributed by atoms with Crippen LogP contribution in [0, 0.1) is 11.6 Å². The maximum atomic E-state index is 14.1. The Kier molecular flexibility index (Phi) is 4.35. The first-order chi connectivity index (χ1) is 9.49. The van der Waals surface area contributed by atoms with Crippen molar-refractivity contribution < 1.29 is 8.78 Å². The lowest BCUT2D eigenvalue weighted by Crippen LogP contribution is -2.19. The Labute approximate surface area is 117 Å². The molecule has 0 saturated carbocycles. The molecule has 0 amide bonds. The Bertz CT molecular complexity index is 597. The number of nitrogens with zero attached hydrogens (tertiary/aromatic N) is 1. The SMILES string of the molecule is CC(N)c1ccc(N(C)Cc2ccccc2F)c(F)c1. The van der Waals surface area contributed by atoms with Crippen molar-refractivity contribution in [2.75, 3.05) is 11.9 Å². The summed E-state index contributed by atoms with van der Waals surface area (Å²) >= 11 is 0. The Balaban J connectivity index is 2.21. The zero-order chi connectivity index (χ0) is 14.7. The molecule has 1 unspecified atom stereocenters. The van der Waals surface area contributed by atoms with Gasteiger partial charge in [-0.1, -0.05) is 24.3 Å². The molecule has 2 rings (SSSR count). The molecule has 0 aromatic heterocycles. The third-order valence-corrected chi connectivity index (χ3v) is 3.27. The molecule has 0 bridgehead atoms. The van der Waals surface area contributed by atoms with E-state index in [4.69, 9.17) is 5.73 Å². The molecule has 2 aromatic carbocycles. The van der Waals surface area contributed by atoms with Crippen LogP contribution in [0.15, 0.2) is 42.5 Å². The summed E-state index contributed by atoms with van der Waals surface area (Å²) in [6.07, 6.45) is 0. The summed E-state index contributed by atoms with van der Waals surface area (Å²) in [6, 6.07) is 11.2. The van der Waals surface area contributed by atoms with Gasteiger partial charge in [-0.2, -0.15) is 0 Å². The number of anilines is 1. The van der Waals surface area contributed by atoms with Crippen LogP contribution in [0.4, 0.5) is 14.5 Å². The van der Waals surface area contributed by atoms with E-state index in [1.165, 1.54) is 12.1 Å². The molecule has 2 nitrogen and oxygen atoms in total. The van der Waals surface area contributed by atoms with Crippen molar-refractivity contribution in [2.24, 2.45) is 5.73 Å². The van der Waals surface area contributed by atoms with Gasteiger partial charge in [0.05, 0.1) is 5.69 Å². The topological polar surface area (TPSA) is 29.3 Å². The summed E-state index contributed by atoms with van der Waals surface area (Å²) in [5, 5.41) is 0. The minimum Gasteiger partial charge on any atom is -0.368 e. The van der Waals surface area contributed by atoms with Gasteiger partial charge in [0.15, 0.2) is 0 Å². The number of hydrogen-bond donors (Lipinski definition) is 1. The van der Waals surface area contributed by atoms with Crippen LogP contribution in [0.3, 0.4) is 0 Å². The van der Waals surface area contributed by atoms with Crippen molar-refractivity contribution in [3.63, 3.8) is 0 Å². The van der Waals surface area contributed by atoms with Crippen molar-refractivity contribution in [3.8, 4) is 0 Å². The maximum Gasteiger partial charge on any atom is 0.146 e. The fourth-order valence-electron chi connectivity index (χ4n) is 2.08. The molecule has 0 spiro atoms. The second-order valence-corrected chi connectivity index (χ2v) is 4.95. The van der Waals surface area contributed by atoms with Crippen LogP contribution in [0.2, 0.25) is 0 Å². The fraction of sp³-hybridized carbons (Fsp3) is 0.250. The predicted octanol–water partition coefficient (Wildman–Crippen LogP) is 3.62. The van der Waals surface area contributed by atoms with Crippen molar-refractivity contribution in [1.29, 1.82) is 0 Å². The molecule has 0 radical (unpaired) electrons. The smallest absolute Gasteiger partial charge is 0.146 e. The second-order valence-electron chi connectivity index (χ2n) is 4.95. The average molecular weight is 276 g/mol. The van der Waals surface area contributed by atoms with Crippen molar-refractivity contribution in [2.45, 2.75) is 19.5 Å². The first kappa shape index (κ1) is 14.5. The van der Waals surface area contributed by atoms with E-state index in [2.05, 4.69) is 0 Å². The van der Waals surface area contributed by atoms with Gasteiger partial charge in [-0.05, 0) is 30.7 Å². The summed E-state index contributed by atoms with van der Waals surface area (Å²) in [6.45, 7) is 2.11. The van der Waals surface area contributed by atoms with E-state index in [-0.39, 0.29) is 17.7 Å². The lowest BCUT2D eigenvalue weighted by atomic mass is 10.1. The molecular formula is C16H18F2N2. The Morgan fingerprint density at radius 1 is 1.10 bits per heavy atom. The molecule has 2 aromatic rings. The Morgan fingerprint density at radius 3 is 2.40 bits per heavy atom. The molecule has 0 aliphatic heterocycles. The quantitative estimate of drug-likeness (QED) is 0.924. The van der Waals surface area contributed by atoms with Crippen LogP contribution in [0.1, 0.15) is 24.1 Å². The van der Waals surface area contributed by atoms with Gasteiger partial charge in [0.1, 0.15) is 11.6 Å². The van der Waals surface area contributed by atoms with Crippen LogP contribution in [0.5, 0.6) is 0 Å². The summed E-state index contributed by atoms with van der Waals surface area (Å²) in [5.74, 6) is -0.634. The highest BCUT2D eigenvalue weighted by atomic mass is 19.1. The number of halogens is 2. The van der Waals surface area contributed by atoms with Crippen LogP contribution in [-0.2, 0) is 6.54 Å². The van der Waals surface area contributed by atoms with Crippen molar-refractivity contribution >= 4 is 5.69 Å². The van der Waals surface area contributed by atoms with Gasteiger partial charge in [0.2, 0.25) is 0 Å². The van der Waals surface area contributed by atoms with Gasteiger partial charge in [0, 0.05) is 25.2 Å². The number of hydrogen-bond acceptors (Lipinski definition) is 2. The minimum atomic E-state index is -0.348. The second kappa shape index (κ2) is 6.01. The molecule has 0 aliphatic carbocycles. The molecule has 106 valence electrons. The molecule has 0 saturated heterocycles. The van der Waals surface area contributed by atoms with Crippen LogP contribution >= 0.6 is 0 Å². The molecule has 0 fully saturated rings.